The standard InChI is InChI=1S/C19H22N2O2S/c1-13-7-8-16(11-14(13)2)24-19-17(6-3-9-20-19)18(22)21-12-15-5-4-10-23-15/h3,6-9,11,15H,4-5,10,12H2,1-2H3,(H,21,22). The lowest BCUT2D eigenvalue weighted by molar-refractivity contribution is 0.0855. The molecule has 1 aromatic carbocycles. The van der Waals surface area contributed by atoms with Crippen LogP contribution in [0.25, 0.3) is 0 Å². The first-order valence-corrected chi connectivity index (χ1v) is 9.05. The minimum Gasteiger partial charge on any atom is -0.376 e. The summed E-state index contributed by atoms with van der Waals surface area (Å²) in [5.74, 6) is -0.0927. The van der Waals surface area contributed by atoms with E-state index in [4.69, 9.17) is 4.74 Å². The molecule has 1 N–H and O–H groups in total. The Morgan fingerprint density at radius 3 is 2.96 bits per heavy atom. The third kappa shape index (κ3) is 4.16. The van der Waals surface area contributed by atoms with Gasteiger partial charge in [-0.05, 0) is 62.1 Å². The maximum Gasteiger partial charge on any atom is 0.254 e. The Hall–Kier alpha value is -1.85. The van der Waals surface area contributed by atoms with Gasteiger partial charge in [-0.15, -0.1) is 0 Å². The van der Waals surface area contributed by atoms with Crippen molar-refractivity contribution in [1.29, 1.82) is 0 Å². The molecule has 1 aliphatic heterocycles. The van der Waals surface area contributed by atoms with Gasteiger partial charge in [-0.1, -0.05) is 17.8 Å². The van der Waals surface area contributed by atoms with Crippen molar-refractivity contribution in [3.05, 3.63) is 53.2 Å². The van der Waals surface area contributed by atoms with Crippen molar-refractivity contribution in [2.75, 3.05) is 13.2 Å². The number of carbonyl (C=O) groups is 1. The summed E-state index contributed by atoms with van der Waals surface area (Å²) in [5, 5.41) is 3.70. The second kappa shape index (κ2) is 7.81. The van der Waals surface area contributed by atoms with Gasteiger partial charge in [-0.25, -0.2) is 4.98 Å². The van der Waals surface area contributed by atoms with Gasteiger partial charge in [0.25, 0.3) is 5.91 Å². The van der Waals surface area contributed by atoms with Crippen LogP contribution in [0.4, 0.5) is 0 Å². The van der Waals surface area contributed by atoms with Crippen LogP contribution < -0.4 is 5.32 Å². The van der Waals surface area contributed by atoms with Gasteiger partial charge in [0, 0.05) is 24.2 Å². The highest BCUT2D eigenvalue weighted by atomic mass is 32.2. The normalized spacial score (nSPS) is 17.0. The van der Waals surface area contributed by atoms with E-state index >= 15 is 0 Å². The summed E-state index contributed by atoms with van der Waals surface area (Å²) in [6, 6.07) is 9.91. The van der Waals surface area contributed by atoms with E-state index in [1.54, 1.807) is 12.3 Å². The quantitative estimate of drug-likeness (QED) is 0.899. The molecule has 1 fully saturated rings. The van der Waals surface area contributed by atoms with Gasteiger partial charge < -0.3 is 10.1 Å². The highest BCUT2D eigenvalue weighted by molar-refractivity contribution is 7.99. The molecule has 24 heavy (non-hydrogen) atoms. The van der Waals surface area contributed by atoms with Crippen molar-refractivity contribution in [1.82, 2.24) is 10.3 Å². The van der Waals surface area contributed by atoms with Crippen LogP contribution in [-0.4, -0.2) is 30.1 Å². The predicted molar refractivity (Wildman–Crippen MR) is 95.6 cm³/mol. The van der Waals surface area contributed by atoms with Crippen LogP contribution in [0.2, 0.25) is 0 Å². The summed E-state index contributed by atoms with van der Waals surface area (Å²) in [4.78, 5) is 18.0. The highest BCUT2D eigenvalue weighted by Crippen LogP contribution is 2.30. The second-order valence-electron chi connectivity index (χ2n) is 6.05. The van der Waals surface area contributed by atoms with Gasteiger partial charge >= 0.3 is 0 Å². The summed E-state index contributed by atoms with van der Waals surface area (Å²) in [6.45, 7) is 5.53. The number of ether oxygens (including phenoxy) is 1. The largest absolute Gasteiger partial charge is 0.376 e. The number of aryl methyl sites for hydroxylation is 2. The van der Waals surface area contributed by atoms with Crippen LogP contribution in [0.5, 0.6) is 0 Å². The van der Waals surface area contributed by atoms with E-state index in [9.17, 15) is 4.79 Å². The molecule has 126 valence electrons. The molecule has 1 aromatic heterocycles. The molecule has 1 unspecified atom stereocenters. The molecule has 1 atom stereocenters. The van der Waals surface area contributed by atoms with Crippen molar-refractivity contribution >= 4 is 17.7 Å². The first-order chi connectivity index (χ1) is 11.6. The molecule has 0 spiro atoms. The fraction of sp³-hybridized carbons (Fsp3) is 0.368. The number of pyridine rings is 1. The maximum absolute atomic E-state index is 12.5. The van der Waals surface area contributed by atoms with E-state index in [0.29, 0.717) is 12.1 Å². The minimum absolute atomic E-state index is 0.0927. The van der Waals surface area contributed by atoms with E-state index in [1.165, 1.54) is 22.9 Å². The lowest BCUT2D eigenvalue weighted by atomic mass is 10.1. The Morgan fingerprint density at radius 2 is 2.21 bits per heavy atom. The highest BCUT2D eigenvalue weighted by Gasteiger charge is 2.18. The number of nitrogens with one attached hydrogen (secondary N) is 1. The summed E-state index contributed by atoms with van der Waals surface area (Å²) in [6.07, 6.45) is 3.94. The Labute approximate surface area is 147 Å². The Bertz CT molecular complexity index is 727. The van der Waals surface area contributed by atoms with Crippen LogP contribution in [0.15, 0.2) is 46.5 Å². The SMILES string of the molecule is Cc1ccc(Sc2ncccc2C(=O)NCC2CCCO2)cc1C. The smallest absolute Gasteiger partial charge is 0.254 e. The zero-order chi connectivity index (χ0) is 16.9. The van der Waals surface area contributed by atoms with Crippen LogP contribution in [0, 0.1) is 13.8 Å². The zero-order valence-corrected chi connectivity index (χ0v) is 14.9. The average molecular weight is 342 g/mol. The van der Waals surface area contributed by atoms with E-state index in [0.717, 1.165) is 29.4 Å². The number of nitrogens with zero attached hydrogens (tertiary/aromatic N) is 1. The van der Waals surface area contributed by atoms with Gasteiger partial charge in [-0.2, -0.15) is 0 Å². The summed E-state index contributed by atoms with van der Waals surface area (Å²) in [7, 11) is 0. The van der Waals surface area contributed by atoms with Crippen molar-refractivity contribution in [2.45, 2.75) is 42.7 Å². The van der Waals surface area contributed by atoms with Gasteiger partial charge in [0.05, 0.1) is 11.7 Å². The van der Waals surface area contributed by atoms with Crippen LogP contribution >= 0.6 is 11.8 Å². The molecular weight excluding hydrogens is 320 g/mol. The minimum atomic E-state index is -0.0927. The lowest BCUT2D eigenvalue weighted by Crippen LogP contribution is -2.32. The van der Waals surface area contributed by atoms with Crippen molar-refractivity contribution in [3.63, 3.8) is 0 Å². The number of aromatic nitrogens is 1. The summed E-state index contributed by atoms with van der Waals surface area (Å²) in [5.41, 5.74) is 3.11. The summed E-state index contributed by atoms with van der Waals surface area (Å²) < 4.78 is 5.55. The molecular formula is C19H22N2O2S. The van der Waals surface area contributed by atoms with E-state index in [1.807, 2.05) is 6.07 Å². The Morgan fingerprint density at radius 1 is 1.33 bits per heavy atom. The molecule has 4 nitrogen and oxygen atoms in total. The number of hydrogen-bond donors (Lipinski definition) is 1. The molecule has 0 bridgehead atoms. The predicted octanol–water partition coefficient (Wildman–Crippen LogP) is 3.76. The molecule has 1 amide bonds. The van der Waals surface area contributed by atoms with Crippen molar-refractivity contribution < 1.29 is 9.53 Å². The zero-order valence-electron chi connectivity index (χ0n) is 14.0. The number of hydrogen-bond acceptors (Lipinski definition) is 4. The maximum atomic E-state index is 12.5. The Balaban J connectivity index is 1.71. The Kier molecular flexibility index (Phi) is 5.53. The van der Waals surface area contributed by atoms with E-state index in [2.05, 4.69) is 42.3 Å². The third-order valence-electron chi connectivity index (χ3n) is 4.22. The van der Waals surface area contributed by atoms with Crippen LogP contribution in [0.3, 0.4) is 0 Å². The molecule has 1 aliphatic rings. The van der Waals surface area contributed by atoms with Crippen LogP contribution in [0.1, 0.15) is 34.3 Å². The molecule has 1 saturated heterocycles. The average Bonchev–Trinajstić information content (AvgIpc) is 3.10. The number of amides is 1. The van der Waals surface area contributed by atoms with Crippen molar-refractivity contribution in [2.24, 2.45) is 0 Å². The molecule has 5 heteroatoms. The number of rotatable bonds is 5. The van der Waals surface area contributed by atoms with Gasteiger partial charge in [-0.3, -0.25) is 4.79 Å². The van der Waals surface area contributed by atoms with Crippen LogP contribution in [-0.2, 0) is 4.74 Å². The molecule has 0 aliphatic carbocycles. The molecule has 2 heterocycles. The molecule has 0 radical (unpaired) electrons. The van der Waals surface area contributed by atoms with E-state index in [-0.39, 0.29) is 12.0 Å². The molecule has 3 rings (SSSR count). The fourth-order valence-corrected chi connectivity index (χ4v) is 3.62. The third-order valence-corrected chi connectivity index (χ3v) is 5.23. The van der Waals surface area contributed by atoms with Gasteiger partial charge in [0.1, 0.15) is 5.03 Å². The van der Waals surface area contributed by atoms with Gasteiger partial charge in [0.2, 0.25) is 0 Å². The molecule has 2 aromatic rings. The fourth-order valence-electron chi connectivity index (χ4n) is 2.64. The summed E-state index contributed by atoms with van der Waals surface area (Å²) >= 11 is 1.52. The molecule has 0 saturated carbocycles. The lowest BCUT2D eigenvalue weighted by Gasteiger charge is -2.12. The second-order valence-corrected chi connectivity index (χ2v) is 7.11. The number of carbonyl (C=O) groups excluding carboxylic acids is 1. The van der Waals surface area contributed by atoms with Crippen molar-refractivity contribution in [3.8, 4) is 0 Å². The number of benzene rings is 1. The first-order valence-electron chi connectivity index (χ1n) is 8.23. The van der Waals surface area contributed by atoms with Gasteiger partial charge in [0.15, 0.2) is 0 Å². The monoisotopic (exact) mass is 342 g/mol. The topological polar surface area (TPSA) is 51.2 Å². The van der Waals surface area contributed by atoms with E-state index < -0.39 is 0 Å². The first kappa shape index (κ1) is 17.0.